The van der Waals surface area contributed by atoms with Crippen LogP contribution in [0.4, 0.5) is 0 Å². The monoisotopic (exact) mass is 385 g/mol. The van der Waals surface area contributed by atoms with Crippen molar-refractivity contribution in [2.24, 2.45) is 5.92 Å². The van der Waals surface area contributed by atoms with Crippen molar-refractivity contribution >= 4 is 11.1 Å². The molecule has 1 unspecified atom stereocenters. The molecular weight excluding hydrogens is 354 g/mol. The molecule has 2 rings (SSSR count). The van der Waals surface area contributed by atoms with Gasteiger partial charge in [-0.25, -0.2) is 15.0 Å². The van der Waals surface area contributed by atoms with Crippen molar-refractivity contribution in [2.45, 2.75) is 40.5 Å². The van der Waals surface area contributed by atoms with Gasteiger partial charge in [0, 0.05) is 16.7 Å². The Morgan fingerprint density at radius 3 is 2.17 bits per heavy atom. The van der Waals surface area contributed by atoms with Gasteiger partial charge in [0.15, 0.2) is 17.5 Å². The molecule has 2 aromatic rings. The zero-order valence-electron chi connectivity index (χ0n) is 18.0. The molecule has 0 N–H and O–H groups in total. The standard InChI is InChI=1S/C26H31N3/c1-6-13-21(14-7-2)24-27-25(22(15-8-3)19-18-20(5)9-4)29-26(28-24)23-16-11-10-12-17-23/h6-8,10-17,19-20H,1,9,18H2,2-5H3/b14-7-,15-8-,21-13+,22-19+. The molecule has 0 aliphatic rings. The van der Waals surface area contributed by atoms with Gasteiger partial charge >= 0.3 is 0 Å². The summed E-state index contributed by atoms with van der Waals surface area (Å²) in [5, 5.41) is 0. The molecule has 3 heteroatoms. The molecule has 1 atom stereocenters. The van der Waals surface area contributed by atoms with E-state index in [0.29, 0.717) is 23.4 Å². The third-order valence-corrected chi connectivity index (χ3v) is 4.61. The van der Waals surface area contributed by atoms with Crippen LogP contribution in [-0.4, -0.2) is 15.0 Å². The van der Waals surface area contributed by atoms with Crippen molar-refractivity contribution in [1.29, 1.82) is 0 Å². The highest BCUT2D eigenvalue weighted by Gasteiger charge is 2.13. The van der Waals surface area contributed by atoms with E-state index in [1.54, 1.807) is 6.08 Å². The lowest BCUT2D eigenvalue weighted by Gasteiger charge is -2.10. The molecule has 0 aliphatic carbocycles. The third kappa shape index (κ3) is 6.49. The lowest BCUT2D eigenvalue weighted by Crippen LogP contribution is -2.04. The molecule has 29 heavy (non-hydrogen) atoms. The maximum atomic E-state index is 4.81. The van der Waals surface area contributed by atoms with E-state index in [0.717, 1.165) is 29.6 Å². The topological polar surface area (TPSA) is 38.7 Å². The fourth-order valence-corrected chi connectivity index (χ4v) is 2.77. The Balaban J connectivity index is 2.67. The molecule has 0 aliphatic heterocycles. The first-order chi connectivity index (χ1) is 14.1. The van der Waals surface area contributed by atoms with Crippen molar-refractivity contribution < 1.29 is 0 Å². The maximum Gasteiger partial charge on any atom is 0.164 e. The maximum absolute atomic E-state index is 4.81. The second-order valence-electron chi connectivity index (χ2n) is 6.94. The number of allylic oxidation sites excluding steroid dienone is 9. The van der Waals surface area contributed by atoms with Gasteiger partial charge in [0.1, 0.15) is 0 Å². The molecule has 150 valence electrons. The van der Waals surface area contributed by atoms with E-state index < -0.39 is 0 Å². The predicted molar refractivity (Wildman–Crippen MR) is 125 cm³/mol. The van der Waals surface area contributed by atoms with Gasteiger partial charge in [-0.3, -0.25) is 0 Å². The Kier molecular flexibility index (Phi) is 8.97. The van der Waals surface area contributed by atoms with Crippen molar-refractivity contribution in [3.05, 3.63) is 91.1 Å². The van der Waals surface area contributed by atoms with Gasteiger partial charge in [-0.15, -0.1) is 0 Å². The van der Waals surface area contributed by atoms with Gasteiger partial charge in [0.05, 0.1) is 0 Å². The Morgan fingerprint density at radius 1 is 0.966 bits per heavy atom. The normalized spacial score (nSPS) is 13.9. The first-order valence-electron chi connectivity index (χ1n) is 10.2. The van der Waals surface area contributed by atoms with E-state index in [1.165, 1.54) is 0 Å². The summed E-state index contributed by atoms with van der Waals surface area (Å²) in [5.41, 5.74) is 2.90. The van der Waals surface area contributed by atoms with Crippen LogP contribution in [-0.2, 0) is 0 Å². The molecule has 3 nitrogen and oxygen atoms in total. The van der Waals surface area contributed by atoms with Gasteiger partial charge < -0.3 is 0 Å². The van der Waals surface area contributed by atoms with Crippen LogP contribution in [0.3, 0.4) is 0 Å². The molecule has 0 saturated heterocycles. The minimum Gasteiger partial charge on any atom is -0.208 e. The van der Waals surface area contributed by atoms with Crippen LogP contribution in [0.1, 0.15) is 52.2 Å². The van der Waals surface area contributed by atoms with Crippen LogP contribution in [0.5, 0.6) is 0 Å². The zero-order chi connectivity index (χ0) is 21.1. The molecule has 1 aromatic heterocycles. The van der Waals surface area contributed by atoms with Gasteiger partial charge in [0.25, 0.3) is 0 Å². The minimum atomic E-state index is 0.615. The van der Waals surface area contributed by atoms with Crippen molar-refractivity contribution in [2.75, 3.05) is 0 Å². The number of rotatable bonds is 9. The second kappa shape index (κ2) is 11.7. The first-order valence-corrected chi connectivity index (χ1v) is 10.2. The number of benzene rings is 1. The fourth-order valence-electron chi connectivity index (χ4n) is 2.77. The molecular formula is C26H31N3. The van der Waals surface area contributed by atoms with E-state index in [-0.39, 0.29) is 0 Å². The Labute approximate surface area is 175 Å². The molecule has 1 heterocycles. The molecule has 0 radical (unpaired) electrons. The van der Waals surface area contributed by atoms with Gasteiger partial charge in [0.2, 0.25) is 0 Å². The molecule has 0 amide bonds. The fraction of sp³-hybridized carbons (Fsp3) is 0.269. The summed E-state index contributed by atoms with van der Waals surface area (Å²) < 4.78 is 0. The van der Waals surface area contributed by atoms with E-state index in [2.05, 4.69) is 32.6 Å². The second-order valence-corrected chi connectivity index (χ2v) is 6.94. The minimum absolute atomic E-state index is 0.615. The van der Waals surface area contributed by atoms with Gasteiger partial charge in [-0.05, 0) is 26.2 Å². The first kappa shape index (κ1) is 22.2. The summed E-state index contributed by atoms with van der Waals surface area (Å²) in [6.07, 6.45) is 16.1. The van der Waals surface area contributed by atoms with Gasteiger partial charge in [-0.1, -0.05) is 99.7 Å². The van der Waals surface area contributed by atoms with Crippen LogP contribution in [0.25, 0.3) is 22.5 Å². The van der Waals surface area contributed by atoms with Crippen LogP contribution < -0.4 is 0 Å². The summed E-state index contributed by atoms with van der Waals surface area (Å²) >= 11 is 0. The average Bonchev–Trinajstić information content (AvgIpc) is 2.76. The van der Waals surface area contributed by atoms with Crippen LogP contribution in [0, 0.1) is 5.92 Å². The lowest BCUT2D eigenvalue weighted by molar-refractivity contribution is 0.572. The molecule has 0 bridgehead atoms. The number of hydrogen-bond donors (Lipinski definition) is 0. The summed E-state index contributed by atoms with van der Waals surface area (Å²) in [7, 11) is 0. The Bertz CT molecular complexity index is 918. The summed E-state index contributed by atoms with van der Waals surface area (Å²) in [6, 6.07) is 10.0. The largest absolute Gasteiger partial charge is 0.208 e. The van der Waals surface area contributed by atoms with Crippen LogP contribution in [0.2, 0.25) is 0 Å². The van der Waals surface area contributed by atoms with Gasteiger partial charge in [-0.2, -0.15) is 0 Å². The highest BCUT2D eigenvalue weighted by atomic mass is 15.0. The third-order valence-electron chi connectivity index (χ3n) is 4.61. The molecule has 0 fully saturated rings. The quantitative estimate of drug-likeness (QED) is 0.433. The van der Waals surface area contributed by atoms with E-state index in [1.807, 2.05) is 68.5 Å². The van der Waals surface area contributed by atoms with Crippen molar-refractivity contribution in [3.8, 4) is 11.4 Å². The Morgan fingerprint density at radius 2 is 1.59 bits per heavy atom. The van der Waals surface area contributed by atoms with Crippen LogP contribution in [0.15, 0.2) is 79.4 Å². The summed E-state index contributed by atoms with van der Waals surface area (Å²) in [5.74, 6) is 2.62. The van der Waals surface area contributed by atoms with E-state index >= 15 is 0 Å². The van der Waals surface area contributed by atoms with Crippen molar-refractivity contribution in [3.63, 3.8) is 0 Å². The Hall–Kier alpha value is -3.07. The smallest absolute Gasteiger partial charge is 0.164 e. The summed E-state index contributed by atoms with van der Waals surface area (Å²) in [6.45, 7) is 12.3. The lowest BCUT2D eigenvalue weighted by atomic mass is 10.0. The number of nitrogens with zero attached hydrogens (tertiary/aromatic N) is 3. The summed E-state index contributed by atoms with van der Waals surface area (Å²) in [4.78, 5) is 14.4. The predicted octanol–water partition coefficient (Wildman–Crippen LogP) is 7.08. The highest BCUT2D eigenvalue weighted by Crippen LogP contribution is 2.23. The van der Waals surface area contributed by atoms with Crippen LogP contribution >= 0.6 is 0 Å². The average molecular weight is 386 g/mol. The number of aromatic nitrogens is 3. The molecule has 0 spiro atoms. The SMILES string of the molecule is C=C/C=C(\C=C/C)c1nc(C(/C=C\C)=C/CC(C)CC)nc(-c2ccccc2)n1. The zero-order valence-corrected chi connectivity index (χ0v) is 18.0. The highest BCUT2D eigenvalue weighted by molar-refractivity contribution is 5.75. The van der Waals surface area contributed by atoms with E-state index in [4.69, 9.17) is 15.0 Å². The number of hydrogen-bond acceptors (Lipinski definition) is 3. The molecule has 0 saturated carbocycles. The molecule has 1 aromatic carbocycles. The van der Waals surface area contributed by atoms with E-state index in [9.17, 15) is 0 Å². The van der Waals surface area contributed by atoms with Crippen molar-refractivity contribution in [1.82, 2.24) is 15.0 Å².